The van der Waals surface area contributed by atoms with Gasteiger partial charge in [0.05, 0.1) is 32.4 Å². The average molecular weight is 336 g/mol. The third-order valence-electron chi connectivity index (χ3n) is 4.42. The number of benzene rings is 2. The van der Waals surface area contributed by atoms with Crippen molar-refractivity contribution in [3.8, 4) is 6.07 Å². The van der Waals surface area contributed by atoms with E-state index in [1.807, 2.05) is 60.7 Å². The molecule has 2 aromatic rings. The summed E-state index contributed by atoms with van der Waals surface area (Å²) in [6, 6.07) is 21.6. The molecule has 1 fully saturated rings. The lowest BCUT2D eigenvalue weighted by atomic mass is 10.1. The van der Waals surface area contributed by atoms with Gasteiger partial charge in [0.1, 0.15) is 0 Å². The van der Waals surface area contributed by atoms with Gasteiger partial charge in [-0.3, -0.25) is 4.90 Å². The second-order valence-corrected chi connectivity index (χ2v) is 6.07. The highest BCUT2D eigenvalue weighted by Gasteiger charge is 2.62. The third-order valence-corrected chi connectivity index (χ3v) is 4.42. The highest BCUT2D eigenvalue weighted by Crippen LogP contribution is 2.45. The summed E-state index contributed by atoms with van der Waals surface area (Å²) in [6.45, 7) is 0.724. The average Bonchev–Trinajstić information content (AvgIpc) is 3.40. The highest BCUT2D eigenvalue weighted by molar-refractivity contribution is 5.70. The number of carbonyl (C=O) groups excluding carboxylic acids is 1. The van der Waals surface area contributed by atoms with Crippen molar-refractivity contribution in [1.82, 2.24) is 4.90 Å². The molecule has 1 aliphatic carbocycles. The minimum Gasteiger partial charge on any atom is -0.453 e. The summed E-state index contributed by atoms with van der Waals surface area (Å²) in [5.74, 6) is 0. The number of hydrogen-bond acceptors (Lipinski definition) is 4. The van der Waals surface area contributed by atoms with Crippen molar-refractivity contribution in [3.63, 3.8) is 0 Å². The van der Waals surface area contributed by atoms with E-state index in [9.17, 15) is 10.1 Å². The number of nitriles is 1. The molecule has 128 valence electrons. The van der Waals surface area contributed by atoms with Gasteiger partial charge in [-0.2, -0.15) is 5.26 Å². The van der Waals surface area contributed by atoms with Crippen LogP contribution in [0.3, 0.4) is 0 Å². The van der Waals surface area contributed by atoms with E-state index in [1.54, 1.807) is 0 Å². The summed E-state index contributed by atoms with van der Waals surface area (Å²) in [5, 5.41) is 9.74. The van der Waals surface area contributed by atoms with Gasteiger partial charge in [-0.1, -0.05) is 60.7 Å². The predicted molar refractivity (Wildman–Crippen MR) is 92.4 cm³/mol. The van der Waals surface area contributed by atoms with Crippen molar-refractivity contribution in [2.75, 3.05) is 7.11 Å². The van der Waals surface area contributed by atoms with Crippen molar-refractivity contribution in [1.29, 1.82) is 5.26 Å². The number of amides is 1. The SMILES string of the molecule is COC(=O)N(Cc1ccccc1)[C@]1(C#N)C[C@@H]1OCc1ccccc1. The lowest BCUT2D eigenvalue weighted by Gasteiger charge is -2.26. The van der Waals surface area contributed by atoms with Gasteiger partial charge in [0.2, 0.25) is 0 Å². The molecule has 25 heavy (non-hydrogen) atoms. The van der Waals surface area contributed by atoms with Crippen LogP contribution in [0.2, 0.25) is 0 Å². The van der Waals surface area contributed by atoms with Gasteiger partial charge in [0, 0.05) is 6.42 Å². The van der Waals surface area contributed by atoms with Crippen LogP contribution in [-0.4, -0.2) is 29.7 Å². The number of ether oxygens (including phenoxy) is 2. The van der Waals surface area contributed by atoms with E-state index in [2.05, 4.69) is 6.07 Å². The Bertz CT molecular complexity index is 758. The molecule has 0 aromatic heterocycles. The summed E-state index contributed by atoms with van der Waals surface area (Å²) in [4.78, 5) is 13.7. The summed E-state index contributed by atoms with van der Waals surface area (Å²) in [6.07, 6.45) is -0.352. The fourth-order valence-electron chi connectivity index (χ4n) is 2.90. The maximum Gasteiger partial charge on any atom is 0.411 e. The van der Waals surface area contributed by atoms with Crippen LogP contribution in [0.15, 0.2) is 60.7 Å². The van der Waals surface area contributed by atoms with Crippen molar-refractivity contribution >= 4 is 6.09 Å². The lowest BCUT2D eigenvalue weighted by molar-refractivity contribution is 0.0540. The molecule has 0 spiro atoms. The summed E-state index contributed by atoms with van der Waals surface area (Å²) >= 11 is 0. The van der Waals surface area contributed by atoms with Crippen molar-refractivity contribution in [2.24, 2.45) is 0 Å². The van der Waals surface area contributed by atoms with Crippen LogP contribution in [0.5, 0.6) is 0 Å². The smallest absolute Gasteiger partial charge is 0.411 e. The van der Waals surface area contributed by atoms with E-state index in [0.29, 0.717) is 19.6 Å². The Morgan fingerprint density at radius 2 is 1.76 bits per heavy atom. The first-order valence-corrected chi connectivity index (χ1v) is 8.16. The van der Waals surface area contributed by atoms with E-state index in [1.165, 1.54) is 12.0 Å². The Labute approximate surface area is 147 Å². The number of hydrogen-bond donors (Lipinski definition) is 0. The molecule has 5 heteroatoms. The van der Waals surface area contributed by atoms with E-state index < -0.39 is 11.6 Å². The zero-order valence-electron chi connectivity index (χ0n) is 14.1. The minimum absolute atomic E-state index is 0.312. The monoisotopic (exact) mass is 336 g/mol. The first kappa shape index (κ1) is 17.0. The molecule has 1 aliphatic rings. The molecule has 3 rings (SSSR count). The number of carbonyl (C=O) groups is 1. The zero-order chi connectivity index (χ0) is 17.7. The molecule has 1 saturated carbocycles. The molecule has 0 aliphatic heterocycles. The minimum atomic E-state index is -0.974. The molecule has 1 amide bonds. The molecule has 0 bridgehead atoms. The molecule has 2 aromatic carbocycles. The van der Waals surface area contributed by atoms with Gasteiger partial charge < -0.3 is 9.47 Å². The first-order valence-electron chi connectivity index (χ1n) is 8.16. The topological polar surface area (TPSA) is 62.6 Å². The Kier molecular flexibility index (Phi) is 5.01. The van der Waals surface area contributed by atoms with E-state index in [-0.39, 0.29) is 6.10 Å². The lowest BCUT2D eigenvalue weighted by Crippen LogP contribution is -2.43. The fourth-order valence-corrected chi connectivity index (χ4v) is 2.90. The van der Waals surface area contributed by atoms with Gasteiger partial charge in [-0.05, 0) is 11.1 Å². The Morgan fingerprint density at radius 1 is 1.16 bits per heavy atom. The maximum atomic E-state index is 12.3. The zero-order valence-corrected chi connectivity index (χ0v) is 14.1. The molecule has 5 nitrogen and oxygen atoms in total. The first-order chi connectivity index (χ1) is 12.2. The van der Waals surface area contributed by atoms with Gasteiger partial charge in [0.15, 0.2) is 5.54 Å². The van der Waals surface area contributed by atoms with Crippen LogP contribution < -0.4 is 0 Å². The van der Waals surface area contributed by atoms with E-state index in [4.69, 9.17) is 9.47 Å². The summed E-state index contributed by atoms with van der Waals surface area (Å²) in [7, 11) is 1.33. The molecule has 0 N–H and O–H groups in total. The number of nitrogens with zero attached hydrogens (tertiary/aromatic N) is 2. The van der Waals surface area contributed by atoms with Gasteiger partial charge in [0.25, 0.3) is 0 Å². The van der Waals surface area contributed by atoms with Gasteiger partial charge in [-0.15, -0.1) is 0 Å². The molecule has 0 unspecified atom stereocenters. The van der Waals surface area contributed by atoms with Crippen molar-refractivity contribution in [2.45, 2.75) is 31.2 Å². The summed E-state index contributed by atoms with van der Waals surface area (Å²) < 4.78 is 10.8. The quantitative estimate of drug-likeness (QED) is 0.810. The molecule has 0 saturated heterocycles. The van der Waals surface area contributed by atoms with Crippen molar-refractivity contribution < 1.29 is 14.3 Å². The Morgan fingerprint density at radius 3 is 2.32 bits per heavy atom. The molecule has 0 radical (unpaired) electrons. The summed E-state index contributed by atoms with van der Waals surface area (Å²) in [5.41, 5.74) is 1.00. The molecular formula is C20H20N2O3. The van der Waals surface area contributed by atoms with Crippen LogP contribution in [0, 0.1) is 11.3 Å². The third kappa shape index (κ3) is 3.65. The van der Waals surface area contributed by atoms with Gasteiger partial charge in [-0.25, -0.2) is 4.79 Å². The van der Waals surface area contributed by atoms with Crippen LogP contribution in [0.4, 0.5) is 4.79 Å². The Hall–Kier alpha value is -2.84. The van der Waals surface area contributed by atoms with E-state index >= 15 is 0 Å². The van der Waals surface area contributed by atoms with E-state index in [0.717, 1.165) is 11.1 Å². The standard InChI is InChI=1S/C20H20N2O3/c1-24-19(23)22(13-16-8-4-2-5-9-16)20(15-21)12-18(20)25-14-17-10-6-3-7-11-17/h2-11,18H,12-14H2,1H3/t18-,20-/m0/s1. The predicted octanol–water partition coefficient (Wildman–Crippen LogP) is 3.51. The normalized spacial score (nSPS) is 21.2. The Balaban J connectivity index is 1.72. The van der Waals surface area contributed by atoms with Crippen LogP contribution in [-0.2, 0) is 22.6 Å². The fraction of sp³-hybridized carbons (Fsp3) is 0.300. The van der Waals surface area contributed by atoms with Crippen molar-refractivity contribution in [3.05, 3.63) is 71.8 Å². The maximum absolute atomic E-state index is 12.3. The second-order valence-electron chi connectivity index (χ2n) is 6.07. The highest BCUT2D eigenvalue weighted by atomic mass is 16.5. The molecule has 0 heterocycles. The number of rotatable bonds is 6. The molecular weight excluding hydrogens is 316 g/mol. The van der Waals surface area contributed by atoms with Crippen LogP contribution in [0.1, 0.15) is 17.5 Å². The molecule has 2 atom stereocenters. The second kappa shape index (κ2) is 7.37. The van der Waals surface area contributed by atoms with Crippen LogP contribution >= 0.6 is 0 Å². The largest absolute Gasteiger partial charge is 0.453 e. The van der Waals surface area contributed by atoms with Gasteiger partial charge >= 0.3 is 6.09 Å². The van der Waals surface area contributed by atoms with Crippen LogP contribution in [0.25, 0.3) is 0 Å². The number of methoxy groups -OCH3 is 1.